The second-order valence-corrected chi connectivity index (χ2v) is 5.93. The first-order valence-corrected chi connectivity index (χ1v) is 7.59. The molecule has 1 aliphatic rings. The van der Waals surface area contributed by atoms with Crippen LogP contribution in [0.3, 0.4) is 0 Å². The molecule has 22 heavy (non-hydrogen) atoms. The van der Waals surface area contributed by atoms with Gasteiger partial charge in [-0.25, -0.2) is 0 Å². The van der Waals surface area contributed by atoms with Gasteiger partial charge < -0.3 is 9.63 Å². The second-order valence-electron chi connectivity index (χ2n) is 5.93. The summed E-state index contributed by atoms with van der Waals surface area (Å²) in [4.78, 5) is 13.2. The van der Waals surface area contributed by atoms with Gasteiger partial charge in [0, 0.05) is 11.6 Å². The number of carboxylic acids is 1. The summed E-state index contributed by atoms with van der Waals surface area (Å²) >= 11 is 0. The molecule has 5 nitrogen and oxygen atoms in total. The molecule has 1 fully saturated rings. The highest BCUT2D eigenvalue weighted by Crippen LogP contribution is 2.22. The van der Waals surface area contributed by atoms with Gasteiger partial charge >= 0.3 is 5.97 Å². The Morgan fingerprint density at radius 2 is 2.00 bits per heavy atom. The van der Waals surface area contributed by atoms with Crippen LogP contribution >= 0.6 is 0 Å². The quantitative estimate of drug-likeness (QED) is 0.940. The monoisotopic (exact) mass is 300 g/mol. The van der Waals surface area contributed by atoms with Crippen LogP contribution in [0.15, 0.2) is 34.9 Å². The smallest absolute Gasteiger partial charge is 0.306 e. The third kappa shape index (κ3) is 3.36. The lowest BCUT2D eigenvalue weighted by atomic mass is 9.97. The Kier molecular flexibility index (Phi) is 4.24. The summed E-state index contributed by atoms with van der Waals surface area (Å²) in [5.41, 5.74) is 3.11. The molecule has 0 saturated carbocycles. The highest BCUT2D eigenvalue weighted by molar-refractivity contribution is 5.70. The van der Waals surface area contributed by atoms with E-state index in [9.17, 15) is 4.79 Å². The predicted molar refractivity (Wildman–Crippen MR) is 82.3 cm³/mol. The van der Waals surface area contributed by atoms with Crippen LogP contribution in [0.25, 0.3) is 11.3 Å². The molecular weight excluding hydrogens is 280 g/mol. The van der Waals surface area contributed by atoms with Gasteiger partial charge in [-0.3, -0.25) is 9.69 Å². The zero-order valence-electron chi connectivity index (χ0n) is 12.7. The number of piperidine rings is 1. The summed E-state index contributed by atoms with van der Waals surface area (Å²) in [5.74, 6) is -0.0561. The molecule has 0 atom stereocenters. The van der Waals surface area contributed by atoms with E-state index in [-0.39, 0.29) is 5.92 Å². The minimum absolute atomic E-state index is 0.200. The van der Waals surface area contributed by atoms with Gasteiger partial charge in [-0.2, -0.15) is 0 Å². The standard InChI is InChI=1S/C17H20N2O3/c1-12-2-4-13(5-3-12)16-10-15(22-18-16)11-19-8-6-14(7-9-19)17(20)21/h2-5,10,14H,6-9,11H2,1H3,(H,20,21). The van der Waals surface area contributed by atoms with Gasteiger partial charge in [-0.1, -0.05) is 35.0 Å². The second kappa shape index (κ2) is 6.32. The summed E-state index contributed by atoms with van der Waals surface area (Å²) in [6, 6.07) is 10.2. The zero-order valence-corrected chi connectivity index (χ0v) is 12.7. The van der Waals surface area contributed by atoms with Gasteiger partial charge in [0.15, 0.2) is 5.76 Å². The number of hydrogen-bond acceptors (Lipinski definition) is 4. The number of hydrogen-bond donors (Lipinski definition) is 1. The van der Waals surface area contributed by atoms with E-state index in [1.165, 1.54) is 5.56 Å². The summed E-state index contributed by atoms with van der Waals surface area (Å²) in [5, 5.41) is 13.1. The van der Waals surface area contributed by atoms with Gasteiger partial charge in [0.25, 0.3) is 0 Å². The number of likely N-dealkylation sites (tertiary alicyclic amines) is 1. The molecular formula is C17H20N2O3. The summed E-state index contributed by atoms with van der Waals surface area (Å²) in [6.07, 6.45) is 1.41. The predicted octanol–water partition coefficient (Wildman–Crippen LogP) is 2.95. The molecule has 1 aromatic heterocycles. The molecule has 2 aromatic rings. The largest absolute Gasteiger partial charge is 0.481 e. The van der Waals surface area contributed by atoms with E-state index < -0.39 is 5.97 Å². The van der Waals surface area contributed by atoms with E-state index in [1.54, 1.807) is 0 Å². The van der Waals surface area contributed by atoms with Crippen LogP contribution < -0.4 is 0 Å². The highest BCUT2D eigenvalue weighted by atomic mass is 16.5. The normalized spacial score (nSPS) is 16.8. The first kappa shape index (κ1) is 14.8. The fourth-order valence-electron chi connectivity index (χ4n) is 2.81. The van der Waals surface area contributed by atoms with E-state index in [4.69, 9.17) is 9.63 Å². The Morgan fingerprint density at radius 1 is 1.32 bits per heavy atom. The van der Waals surface area contributed by atoms with Crippen molar-refractivity contribution in [3.8, 4) is 11.3 Å². The maximum atomic E-state index is 11.0. The molecule has 0 spiro atoms. The van der Waals surface area contributed by atoms with Crippen molar-refractivity contribution in [2.45, 2.75) is 26.3 Å². The first-order valence-electron chi connectivity index (χ1n) is 7.59. The lowest BCUT2D eigenvalue weighted by molar-refractivity contribution is -0.143. The van der Waals surface area contributed by atoms with Crippen molar-refractivity contribution in [1.82, 2.24) is 10.1 Å². The Morgan fingerprint density at radius 3 is 2.64 bits per heavy atom. The van der Waals surface area contributed by atoms with Gasteiger partial charge in [0.05, 0.1) is 12.5 Å². The number of carbonyl (C=O) groups is 1. The molecule has 1 saturated heterocycles. The fourth-order valence-corrected chi connectivity index (χ4v) is 2.81. The van der Waals surface area contributed by atoms with Crippen molar-refractivity contribution < 1.29 is 14.4 Å². The third-order valence-corrected chi connectivity index (χ3v) is 4.22. The van der Waals surface area contributed by atoms with Crippen molar-refractivity contribution in [3.05, 3.63) is 41.7 Å². The van der Waals surface area contributed by atoms with Crippen molar-refractivity contribution in [2.75, 3.05) is 13.1 Å². The Bertz CT molecular complexity index is 640. The van der Waals surface area contributed by atoms with E-state index in [0.29, 0.717) is 19.4 Å². The average Bonchev–Trinajstić information content (AvgIpc) is 2.97. The number of aliphatic carboxylic acids is 1. The number of aryl methyl sites for hydroxylation is 1. The van der Waals surface area contributed by atoms with Crippen LogP contribution in [0.5, 0.6) is 0 Å². The maximum absolute atomic E-state index is 11.0. The number of aromatic nitrogens is 1. The van der Waals surface area contributed by atoms with Crippen LogP contribution in [0.4, 0.5) is 0 Å². The number of benzene rings is 1. The van der Waals surface area contributed by atoms with E-state index >= 15 is 0 Å². The SMILES string of the molecule is Cc1ccc(-c2cc(CN3CCC(C(=O)O)CC3)on2)cc1. The molecule has 0 aliphatic carbocycles. The molecule has 0 radical (unpaired) electrons. The molecule has 2 heterocycles. The number of nitrogens with zero attached hydrogens (tertiary/aromatic N) is 2. The first-order chi connectivity index (χ1) is 10.6. The van der Waals surface area contributed by atoms with Crippen LogP contribution in [0, 0.1) is 12.8 Å². The molecule has 1 aromatic carbocycles. The van der Waals surface area contributed by atoms with Crippen molar-refractivity contribution in [2.24, 2.45) is 5.92 Å². The molecule has 0 unspecified atom stereocenters. The van der Waals surface area contributed by atoms with Crippen molar-refractivity contribution in [1.29, 1.82) is 0 Å². The van der Waals surface area contributed by atoms with Crippen molar-refractivity contribution >= 4 is 5.97 Å². The maximum Gasteiger partial charge on any atom is 0.306 e. The molecule has 116 valence electrons. The number of carboxylic acid groups (broad SMARTS) is 1. The lowest BCUT2D eigenvalue weighted by Gasteiger charge is -2.28. The molecule has 3 rings (SSSR count). The molecule has 1 N–H and O–H groups in total. The van der Waals surface area contributed by atoms with Gasteiger partial charge in [-0.05, 0) is 32.9 Å². The molecule has 5 heteroatoms. The minimum Gasteiger partial charge on any atom is -0.481 e. The minimum atomic E-state index is -0.680. The van der Waals surface area contributed by atoms with Crippen LogP contribution in [0.1, 0.15) is 24.2 Å². The highest BCUT2D eigenvalue weighted by Gasteiger charge is 2.25. The Balaban J connectivity index is 1.60. The summed E-state index contributed by atoms with van der Waals surface area (Å²) in [6.45, 7) is 4.32. The summed E-state index contributed by atoms with van der Waals surface area (Å²) in [7, 11) is 0. The average molecular weight is 300 g/mol. The van der Waals surface area contributed by atoms with E-state index in [1.807, 2.05) is 18.2 Å². The van der Waals surface area contributed by atoms with Gasteiger partial charge in [-0.15, -0.1) is 0 Å². The Hall–Kier alpha value is -2.14. The third-order valence-electron chi connectivity index (χ3n) is 4.22. The van der Waals surface area contributed by atoms with Crippen LogP contribution in [-0.2, 0) is 11.3 Å². The summed E-state index contributed by atoms with van der Waals surface area (Å²) < 4.78 is 5.42. The molecule has 1 aliphatic heterocycles. The zero-order chi connectivity index (χ0) is 15.5. The van der Waals surface area contributed by atoms with Crippen molar-refractivity contribution in [3.63, 3.8) is 0 Å². The lowest BCUT2D eigenvalue weighted by Crippen LogP contribution is -2.35. The van der Waals surface area contributed by atoms with Gasteiger partial charge in [0.2, 0.25) is 0 Å². The topological polar surface area (TPSA) is 66.6 Å². The van der Waals surface area contributed by atoms with E-state index in [0.717, 1.165) is 30.1 Å². The van der Waals surface area contributed by atoms with E-state index in [2.05, 4.69) is 29.1 Å². The fraction of sp³-hybridized carbons (Fsp3) is 0.412. The van der Waals surface area contributed by atoms with Crippen LogP contribution in [-0.4, -0.2) is 34.2 Å². The van der Waals surface area contributed by atoms with Gasteiger partial charge in [0.1, 0.15) is 5.69 Å². The Labute approximate surface area is 129 Å². The molecule has 0 bridgehead atoms. The molecule has 0 amide bonds. The van der Waals surface area contributed by atoms with Crippen LogP contribution in [0.2, 0.25) is 0 Å². The number of rotatable bonds is 4.